The molecular weight excluding hydrogens is 340 g/mol. The van der Waals surface area contributed by atoms with Gasteiger partial charge in [0.2, 0.25) is 5.65 Å². The lowest BCUT2D eigenvalue weighted by Gasteiger charge is -2.13. The number of fused-ring (bicyclic) bond motifs is 1. The van der Waals surface area contributed by atoms with E-state index in [1.165, 1.54) is 4.57 Å². The van der Waals surface area contributed by atoms with Crippen LogP contribution in [-0.4, -0.2) is 26.4 Å². The molecule has 0 bridgehead atoms. The summed E-state index contributed by atoms with van der Waals surface area (Å²) in [5, 5.41) is 3.21. The summed E-state index contributed by atoms with van der Waals surface area (Å²) in [4.78, 5) is 29.1. The monoisotopic (exact) mass is 356 g/mol. The van der Waals surface area contributed by atoms with Crippen molar-refractivity contribution in [3.8, 4) is 11.3 Å². The van der Waals surface area contributed by atoms with Crippen molar-refractivity contribution in [3.63, 3.8) is 0 Å². The molecule has 1 aromatic carbocycles. The van der Waals surface area contributed by atoms with E-state index in [0.29, 0.717) is 23.8 Å². The van der Waals surface area contributed by atoms with Crippen LogP contribution in [0.3, 0.4) is 0 Å². The third kappa shape index (κ3) is 3.08. The number of carbonyl (C=O) groups excluding carboxylic acids is 1. The third-order valence-corrected chi connectivity index (χ3v) is 4.08. The standard InChI is InChI=1S/C18H17ClN4O2/c1-3-9-23-15(12-7-5-6-8-13(12)19)11-22-10-14(17(24)20-4-2)21-16(22)18(23)25/h3,5-8,10-11H,1,4,9H2,2H3,(H,20,24). The van der Waals surface area contributed by atoms with Crippen molar-refractivity contribution >= 4 is 23.2 Å². The fraction of sp³-hybridized carbons (Fsp3) is 0.167. The lowest BCUT2D eigenvalue weighted by atomic mass is 10.1. The summed E-state index contributed by atoms with van der Waals surface area (Å²) >= 11 is 6.30. The van der Waals surface area contributed by atoms with Crippen molar-refractivity contribution in [1.29, 1.82) is 0 Å². The number of imidazole rings is 1. The SMILES string of the molecule is C=CCn1c(-c2ccccc2Cl)cn2cc(C(=O)NCC)nc2c1=O. The topological polar surface area (TPSA) is 68.4 Å². The molecule has 0 saturated heterocycles. The summed E-state index contributed by atoms with van der Waals surface area (Å²) in [6.45, 7) is 6.32. The van der Waals surface area contributed by atoms with Gasteiger partial charge in [-0.05, 0) is 13.0 Å². The van der Waals surface area contributed by atoms with E-state index in [1.807, 2.05) is 25.1 Å². The van der Waals surface area contributed by atoms with Gasteiger partial charge in [-0.1, -0.05) is 35.9 Å². The average molecular weight is 357 g/mol. The Hall–Kier alpha value is -2.86. The maximum Gasteiger partial charge on any atom is 0.295 e. The first kappa shape index (κ1) is 17.0. The van der Waals surface area contributed by atoms with E-state index in [9.17, 15) is 9.59 Å². The number of hydrogen-bond acceptors (Lipinski definition) is 3. The minimum Gasteiger partial charge on any atom is -0.351 e. The minimum absolute atomic E-state index is 0.180. The first-order valence-corrected chi connectivity index (χ1v) is 8.21. The second-order valence-electron chi connectivity index (χ2n) is 5.42. The van der Waals surface area contributed by atoms with Crippen molar-refractivity contribution in [2.24, 2.45) is 0 Å². The molecule has 0 radical (unpaired) electrons. The Balaban J connectivity index is 2.28. The molecule has 3 aromatic rings. The molecule has 2 heterocycles. The molecule has 0 spiro atoms. The molecule has 7 heteroatoms. The second-order valence-corrected chi connectivity index (χ2v) is 5.82. The predicted molar refractivity (Wildman–Crippen MR) is 98.1 cm³/mol. The molecule has 128 valence electrons. The van der Waals surface area contributed by atoms with Gasteiger partial charge in [-0.25, -0.2) is 4.98 Å². The zero-order valence-electron chi connectivity index (χ0n) is 13.7. The Morgan fingerprint density at radius 3 is 2.80 bits per heavy atom. The lowest BCUT2D eigenvalue weighted by Crippen LogP contribution is -2.24. The minimum atomic E-state index is -0.319. The van der Waals surface area contributed by atoms with E-state index in [-0.39, 0.29) is 22.8 Å². The first-order chi connectivity index (χ1) is 12.1. The zero-order valence-corrected chi connectivity index (χ0v) is 14.5. The number of nitrogens with zero attached hydrogens (tertiary/aromatic N) is 3. The van der Waals surface area contributed by atoms with E-state index in [0.717, 1.165) is 5.56 Å². The smallest absolute Gasteiger partial charge is 0.295 e. The molecule has 0 saturated carbocycles. The summed E-state index contributed by atoms with van der Waals surface area (Å²) in [5.41, 5.74) is 1.41. The number of aromatic nitrogens is 3. The molecule has 25 heavy (non-hydrogen) atoms. The zero-order chi connectivity index (χ0) is 18.0. The Bertz CT molecular complexity index is 1020. The molecule has 0 unspecified atom stereocenters. The molecule has 0 aliphatic heterocycles. The Labute approximate surface area is 149 Å². The largest absolute Gasteiger partial charge is 0.351 e. The normalized spacial score (nSPS) is 10.8. The van der Waals surface area contributed by atoms with Crippen LogP contribution in [0, 0.1) is 0 Å². The molecule has 0 aliphatic rings. The van der Waals surface area contributed by atoms with Gasteiger partial charge in [0.05, 0.1) is 5.69 Å². The van der Waals surface area contributed by atoms with Crippen LogP contribution in [0.2, 0.25) is 5.02 Å². The Morgan fingerprint density at radius 2 is 2.12 bits per heavy atom. The van der Waals surface area contributed by atoms with E-state index in [4.69, 9.17) is 11.6 Å². The number of amides is 1. The van der Waals surface area contributed by atoms with Gasteiger partial charge in [0.15, 0.2) is 0 Å². The van der Waals surface area contributed by atoms with Crippen molar-refractivity contribution in [2.45, 2.75) is 13.5 Å². The molecule has 2 aromatic heterocycles. The van der Waals surface area contributed by atoms with Crippen molar-refractivity contribution in [1.82, 2.24) is 19.3 Å². The van der Waals surface area contributed by atoms with Crippen LogP contribution in [0.15, 0.2) is 54.1 Å². The van der Waals surface area contributed by atoms with Crippen LogP contribution in [0.4, 0.5) is 0 Å². The number of allylic oxidation sites excluding steroid dienone is 1. The average Bonchev–Trinajstić information content (AvgIpc) is 3.03. The number of benzene rings is 1. The highest BCUT2D eigenvalue weighted by Crippen LogP contribution is 2.27. The fourth-order valence-electron chi connectivity index (χ4n) is 2.64. The van der Waals surface area contributed by atoms with Crippen molar-refractivity contribution in [3.05, 3.63) is 70.4 Å². The summed E-state index contributed by atoms with van der Waals surface area (Å²) in [6, 6.07) is 7.27. The fourth-order valence-corrected chi connectivity index (χ4v) is 2.87. The lowest BCUT2D eigenvalue weighted by molar-refractivity contribution is 0.0951. The van der Waals surface area contributed by atoms with Crippen molar-refractivity contribution < 1.29 is 4.79 Å². The van der Waals surface area contributed by atoms with Gasteiger partial charge in [0.25, 0.3) is 11.5 Å². The molecule has 6 nitrogen and oxygen atoms in total. The van der Waals surface area contributed by atoms with Crippen LogP contribution in [0.1, 0.15) is 17.4 Å². The highest BCUT2D eigenvalue weighted by Gasteiger charge is 2.17. The van der Waals surface area contributed by atoms with Gasteiger partial charge < -0.3 is 5.32 Å². The van der Waals surface area contributed by atoms with Gasteiger partial charge in [-0.2, -0.15) is 0 Å². The van der Waals surface area contributed by atoms with E-state index in [1.54, 1.807) is 28.9 Å². The van der Waals surface area contributed by atoms with Crippen LogP contribution >= 0.6 is 11.6 Å². The van der Waals surface area contributed by atoms with E-state index >= 15 is 0 Å². The van der Waals surface area contributed by atoms with Crippen LogP contribution in [0.5, 0.6) is 0 Å². The number of rotatable bonds is 5. The highest BCUT2D eigenvalue weighted by molar-refractivity contribution is 6.33. The van der Waals surface area contributed by atoms with E-state index in [2.05, 4.69) is 16.9 Å². The molecule has 0 fully saturated rings. The summed E-state index contributed by atoms with van der Waals surface area (Å²) < 4.78 is 3.10. The Morgan fingerprint density at radius 1 is 1.36 bits per heavy atom. The van der Waals surface area contributed by atoms with Crippen LogP contribution in [-0.2, 0) is 6.54 Å². The number of nitrogens with one attached hydrogen (secondary N) is 1. The second kappa shape index (κ2) is 6.94. The molecule has 0 aliphatic carbocycles. The maximum absolute atomic E-state index is 12.9. The predicted octanol–water partition coefficient (Wildman–Crippen LogP) is 2.75. The molecule has 0 atom stereocenters. The van der Waals surface area contributed by atoms with Crippen LogP contribution < -0.4 is 10.9 Å². The summed E-state index contributed by atoms with van der Waals surface area (Å²) in [5.74, 6) is -0.319. The summed E-state index contributed by atoms with van der Waals surface area (Å²) in [6.07, 6.45) is 4.92. The van der Waals surface area contributed by atoms with Gasteiger partial charge >= 0.3 is 0 Å². The van der Waals surface area contributed by atoms with Gasteiger partial charge in [0.1, 0.15) is 5.69 Å². The molecule has 1 N–H and O–H groups in total. The number of carbonyl (C=O) groups is 1. The third-order valence-electron chi connectivity index (χ3n) is 3.75. The number of hydrogen-bond donors (Lipinski definition) is 1. The molecule has 1 amide bonds. The molecular formula is C18H17ClN4O2. The Kier molecular flexibility index (Phi) is 4.72. The van der Waals surface area contributed by atoms with Crippen LogP contribution in [0.25, 0.3) is 16.9 Å². The maximum atomic E-state index is 12.9. The first-order valence-electron chi connectivity index (χ1n) is 7.83. The van der Waals surface area contributed by atoms with Gasteiger partial charge in [-0.3, -0.25) is 18.6 Å². The number of halogens is 1. The van der Waals surface area contributed by atoms with E-state index < -0.39 is 0 Å². The highest BCUT2D eigenvalue weighted by atomic mass is 35.5. The van der Waals surface area contributed by atoms with Gasteiger partial charge in [-0.15, -0.1) is 6.58 Å². The van der Waals surface area contributed by atoms with Crippen molar-refractivity contribution in [2.75, 3.05) is 6.54 Å². The molecule has 3 rings (SSSR count). The quantitative estimate of drug-likeness (QED) is 0.715. The van der Waals surface area contributed by atoms with Gasteiger partial charge in [0, 0.05) is 36.1 Å². The summed E-state index contributed by atoms with van der Waals surface area (Å²) in [7, 11) is 0.